The minimum Gasteiger partial charge on any atom is -0.469 e. The quantitative estimate of drug-likeness (QED) is 0.657. The lowest BCUT2D eigenvalue weighted by atomic mass is 9.96. The van der Waals surface area contributed by atoms with E-state index in [1.807, 2.05) is 31.2 Å². The van der Waals surface area contributed by atoms with E-state index in [2.05, 4.69) is 4.98 Å². The standard InChI is InChI=1S/C18H22N2O3/c1-12-17(14-5-3-4-6-15(14)19-12)16(21)11-20-9-7-13(8-10-20)18(22)23-2/h3-6,13,19H,7-11H2,1-2H3/p+1. The van der Waals surface area contributed by atoms with Crippen LogP contribution in [0.2, 0.25) is 0 Å². The Morgan fingerprint density at radius 3 is 2.65 bits per heavy atom. The van der Waals surface area contributed by atoms with Crippen molar-refractivity contribution in [3.8, 4) is 0 Å². The zero-order valence-corrected chi connectivity index (χ0v) is 13.6. The number of ether oxygens (including phenoxy) is 1. The third-order valence-corrected chi connectivity index (χ3v) is 4.81. The van der Waals surface area contributed by atoms with E-state index in [4.69, 9.17) is 4.74 Å². The fraction of sp³-hybridized carbons (Fsp3) is 0.444. The summed E-state index contributed by atoms with van der Waals surface area (Å²) in [6, 6.07) is 7.91. The summed E-state index contributed by atoms with van der Waals surface area (Å²) in [4.78, 5) is 28.9. The molecule has 2 heterocycles. The molecule has 5 heteroatoms. The van der Waals surface area contributed by atoms with Gasteiger partial charge in [-0.2, -0.15) is 0 Å². The van der Waals surface area contributed by atoms with Gasteiger partial charge in [-0.1, -0.05) is 18.2 Å². The molecule has 2 aromatic rings. The highest BCUT2D eigenvalue weighted by molar-refractivity contribution is 6.09. The molecular weight excluding hydrogens is 292 g/mol. The number of carbonyl (C=O) groups excluding carboxylic acids is 2. The number of para-hydroxylation sites is 1. The largest absolute Gasteiger partial charge is 0.469 e. The number of aromatic amines is 1. The Morgan fingerprint density at radius 2 is 1.96 bits per heavy atom. The molecule has 0 radical (unpaired) electrons. The summed E-state index contributed by atoms with van der Waals surface area (Å²) < 4.78 is 4.81. The van der Waals surface area contributed by atoms with E-state index in [1.165, 1.54) is 12.0 Å². The number of aromatic nitrogens is 1. The molecule has 0 unspecified atom stereocenters. The van der Waals surface area contributed by atoms with Gasteiger partial charge in [-0.25, -0.2) is 0 Å². The number of hydrogen-bond donors (Lipinski definition) is 2. The van der Waals surface area contributed by atoms with Crippen molar-refractivity contribution in [1.82, 2.24) is 4.98 Å². The number of rotatable bonds is 4. The molecule has 23 heavy (non-hydrogen) atoms. The van der Waals surface area contributed by atoms with Crippen LogP contribution in [0.4, 0.5) is 0 Å². The Hall–Kier alpha value is -2.14. The van der Waals surface area contributed by atoms with E-state index in [0.29, 0.717) is 6.54 Å². The number of hydrogen-bond acceptors (Lipinski definition) is 3. The summed E-state index contributed by atoms with van der Waals surface area (Å²) in [6.07, 6.45) is 1.59. The van der Waals surface area contributed by atoms with Crippen LogP contribution in [0.3, 0.4) is 0 Å². The molecule has 0 bridgehead atoms. The molecular formula is C18H23N2O3+. The van der Waals surface area contributed by atoms with Crippen LogP contribution in [0.15, 0.2) is 24.3 Å². The van der Waals surface area contributed by atoms with E-state index in [0.717, 1.165) is 48.1 Å². The Kier molecular flexibility index (Phi) is 4.48. The minimum atomic E-state index is -0.122. The topological polar surface area (TPSA) is 63.6 Å². The maximum Gasteiger partial charge on any atom is 0.309 e. The molecule has 1 fully saturated rings. The molecule has 0 amide bonds. The summed E-state index contributed by atoms with van der Waals surface area (Å²) in [5.41, 5.74) is 2.75. The van der Waals surface area contributed by atoms with Crippen LogP contribution in [-0.4, -0.2) is 43.5 Å². The lowest BCUT2D eigenvalue weighted by Gasteiger charge is -2.27. The normalized spacial score (nSPS) is 21.3. The third-order valence-electron chi connectivity index (χ3n) is 4.81. The Labute approximate surface area is 135 Å². The van der Waals surface area contributed by atoms with Gasteiger partial charge in [-0.3, -0.25) is 9.59 Å². The average Bonchev–Trinajstić information content (AvgIpc) is 2.90. The molecule has 1 aliphatic heterocycles. The predicted octanol–water partition coefficient (Wildman–Crippen LogP) is 1.13. The van der Waals surface area contributed by atoms with Gasteiger partial charge in [0.15, 0.2) is 0 Å². The first-order valence-electron chi connectivity index (χ1n) is 8.12. The van der Waals surface area contributed by atoms with Crippen LogP contribution in [0, 0.1) is 12.8 Å². The van der Waals surface area contributed by atoms with E-state index in [1.54, 1.807) is 0 Å². The highest BCUT2D eigenvalue weighted by atomic mass is 16.5. The number of benzene rings is 1. The highest BCUT2D eigenvalue weighted by Gasteiger charge is 2.30. The van der Waals surface area contributed by atoms with E-state index >= 15 is 0 Å². The smallest absolute Gasteiger partial charge is 0.309 e. The Balaban J connectivity index is 1.68. The Bertz CT molecular complexity index is 727. The van der Waals surface area contributed by atoms with Gasteiger partial charge in [-0.15, -0.1) is 0 Å². The summed E-state index contributed by atoms with van der Waals surface area (Å²) in [5.74, 6) is 0.0444. The zero-order chi connectivity index (χ0) is 16.4. The van der Waals surface area contributed by atoms with Crippen LogP contribution in [0.25, 0.3) is 10.9 Å². The number of esters is 1. The van der Waals surface area contributed by atoms with Crippen molar-refractivity contribution in [2.24, 2.45) is 5.92 Å². The first-order chi connectivity index (χ1) is 11.1. The number of Topliss-reactive ketones (excluding diaryl/α,β-unsaturated/α-hetero) is 1. The highest BCUT2D eigenvalue weighted by Crippen LogP contribution is 2.22. The van der Waals surface area contributed by atoms with Gasteiger partial charge in [0.25, 0.3) is 0 Å². The van der Waals surface area contributed by atoms with E-state index < -0.39 is 0 Å². The average molecular weight is 315 g/mol. The number of likely N-dealkylation sites (tertiary alicyclic amines) is 1. The van der Waals surface area contributed by atoms with Crippen molar-refractivity contribution < 1.29 is 19.2 Å². The van der Waals surface area contributed by atoms with Crippen LogP contribution in [-0.2, 0) is 9.53 Å². The lowest BCUT2D eigenvalue weighted by Crippen LogP contribution is -3.14. The monoisotopic (exact) mass is 315 g/mol. The zero-order valence-electron chi connectivity index (χ0n) is 13.6. The summed E-state index contributed by atoms with van der Waals surface area (Å²) >= 11 is 0. The first-order valence-corrected chi connectivity index (χ1v) is 8.12. The molecule has 0 spiro atoms. The van der Waals surface area contributed by atoms with E-state index in [-0.39, 0.29) is 17.7 Å². The van der Waals surface area contributed by atoms with Gasteiger partial charge in [0, 0.05) is 29.4 Å². The second-order valence-corrected chi connectivity index (χ2v) is 6.32. The molecule has 2 N–H and O–H groups in total. The van der Waals surface area contributed by atoms with Gasteiger partial charge in [0.1, 0.15) is 6.54 Å². The summed E-state index contributed by atoms with van der Waals surface area (Å²) in [7, 11) is 1.44. The van der Waals surface area contributed by atoms with Crippen molar-refractivity contribution in [3.05, 3.63) is 35.5 Å². The first kappa shape index (κ1) is 15.7. The maximum atomic E-state index is 12.7. The van der Waals surface area contributed by atoms with Crippen LogP contribution in [0.5, 0.6) is 0 Å². The molecule has 0 atom stereocenters. The minimum absolute atomic E-state index is 0.00585. The number of aryl methyl sites for hydroxylation is 1. The third kappa shape index (κ3) is 3.15. The number of piperidine rings is 1. The SMILES string of the molecule is COC(=O)C1CC[NH+](CC(=O)c2c(C)[nH]c3ccccc23)CC1. The molecule has 1 aliphatic rings. The van der Waals surface area contributed by atoms with Crippen LogP contribution < -0.4 is 4.90 Å². The van der Waals surface area contributed by atoms with Gasteiger partial charge in [0.05, 0.1) is 31.7 Å². The molecule has 1 aromatic heterocycles. The molecule has 5 nitrogen and oxygen atoms in total. The number of H-pyrrole nitrogens is 1. The number of methoxy groups -OCH3 is 1. The Morgan fingerprint density at radius 1 is 1.26 bits per heavy atom. The number of quaternary nitrogens is 1. The van der Waals surface area contributed by atoms with Crippen LogP contribution >= 0.6 is 0 Å². The van der Waals surface area contributed by atoms with Crippen molar-refractivity contribution in [1.29, 1.82) is 0 Å². The van der Waals surface area contributed by atoms with E-state index in [9.17, 15) is 9.59 Å². The van der Waals surface area contributed by atoms with Crippen molar-refractivity contribution in [3.63, 3.8) is 0 Å². The lowest BCUT2D eigenvalue weighted by molar-refractivity contribution is -0.897. The molecule has 3 rings (SSSR count). The van der Waals surface area contributed by atoms with Gasteiger partial charge in [0.2, 0.25) is 5.78 Å². The summed E-state index contributed by atoms with van der Waals surface area (Å²) in [6.45, 7) is 4.11. The second-order valence-electron chi connectivity index (χ2n) is 6.32. The predicted molar refractivity (Wildman–Crippen MR) is 87.7 cm³/mol. The number of nitrogens with one attached hydrogen (secondary N) is 2. The second kappa shape index (κ2) is 6.54. The van der Waals surface area contributed by atoms with Crippen molar-refractivity contribution in [2.75, 3.05) is 26.7 Å². The van der Waals surface area contributed by atoms with Crippen molar-refractivity contribution in [2.45, 2.75) is 19.8 Å². The molecule has 1 saturated heterocycles. The number of ketones is 1. The molecule has 1 aromatic carbocycles. The molecule has 122 valence electrons. The fourth-order valence-corrected chi connectivity index (χ4v) is 3.56. The maximum absolute atomic E-state index is 12.7. The molecule has 0 aliphatic carbocycles. The van der Waals surface area contributed by atoms with Gasteiger partial charge >= 0.3 is 5.97 Å². The fourth-order valence-electron chi connectivity index (χ4n) is 3.56. The summed E-state index contributed by atoms with van der Waals surface area (Å²) in [5, 5.41) is 0.999. The van der Waals surface area contributed by atoms with Gasteiger partial charge in [-0.05, 0) is 13.0 Å². The number of carbonyl (C=O) groups is 2. The van der Waals surface area contributed by atoms with Crippen molar-refractivity contribution >= 4 is 22.7 Å². The molecule has 0 saturated carbocycles. The number of fused-ring (bicyclic) bond motifs is 1. The van der Waals surface area contributed by atoms with Crippen LogP contribution in [0.1, 0.15) is 28.9 Å². The van der Waals surface area contributed by atoms with Gasteiger partial charge < -0.3 is 14.6 Å².